The van der Waals surface area contributed by atoms with Gasteiger partial charge < -0.3 is 4.74 Å². The molecule has 3 aromatic rings. The highest BCUT2D eigenvalue weighted by atomic mass is 19.4. The number of alkyl halides is 4. The van der Waals surface area contributed by atoms with Crippen molar-refractivity contribution in [3.05, 3.63) is 36.0 Å². The molecule has 1 saturated carbocycles. The Morgan fingerprint density at radius 1 is 1.17 bits per heavy atom. The van der Waals surface area contributed by atoms with Gasteiger partial charge in [-0.05, 0) is 51.8 Å². The molecule has 4 rings (SSSR count). The number of aromatic nitrogens is 5. The van der Waals surface area contributed by atoms with Gasteiger partial charge >= 0.3 is 6.18 Å². The maximum atomic E-state index is 14.4. The largest absolute Gasteiger partial charge is 0.460 e. The van der Waals surface area contributed by atoms with Crippen LogP contribution >= 0.6 is 0 Å². The lowest BCUT2D eigenvalue weighted by atomic mass is 9.73. The third-order valence-electron chi connectivity index (χ3n) is 5.13. The van der Waals surface area contributed by atoms with Gasteiger partial charge in [-0.15, -0.1) is 10.2 Å². The predicted molar refractivity (Wildman–Crippen MR) is 96.2 cm³/mol. The summed E-state index contributed by atoms with van der Waals surface area (Å²) in [6.45, 7) is 3.09. The monoisotopic (exact) mass is 427 g/mol. The fourth-order valence-corrected chi connectivity index (χ4v) is 3.30. The molecule has 11 heteroatoms. The summed E-state index contributed by atoms with van der Waals surface area (Å²) in [7, 11) is 0. The molecule has 0 N–H and O–H groups in total. The van der Waals surface area contributed by atoms with Gasteiger partial charge in [0.2, 0.25) is 0 Å². The number of nitrogens with zero attached hydrogens (tertiary/aromatic N) is 5. The van der Waals surface area contributed by atoms with Crippen LogP contribution in [0.5, 0.6) is 5.88 Å². The standard InChI is InChI=1S/C19H18F5N5O/c1-17(2,19(22,23)24)30-16-12(20)6-10(9-25-16)13-4-5-14-26-27-15(29(14)28-13)11-7-18(3,21)8-11/h4-6,9,11H,7-8H2,1-3H3. The lowest BCUT2D eigenvalue weighted by Gasteiger charge is -2.37. The van der Waals surface area contributed by atoms with Gasteiger partial charge in [0.25, 0.3) is 5.88 Å². The normalized spacial score (nSPS) is 22.2. The van der Waals surface area contributed by atoms with E-state index >= 15 is 0 Å². The van der Waals surface area contributed by atoms with Gasteiger partial charge in [0.1, 0.15) is 5.67 Å². The highest BCUT2D eigenvalue weighted by molar-refractivity contribution is 5.59. The molecular formula is C19H18F5N5O. The van der Waals surface area contributed by atoms with Crippen LogP contribution in [0.2, 0.25) is 0 Å². The highest BCUT2D eigenvalue weighted by Crippen LogP contribution is 2.46. The van der Waals surface area contributed by atoms with Crippen LogP contribution in [-0.4, -0.2) is 42.2 Å². The summed E-state index contributed by atoms with van der Waals surface area (Å²) in [6.07, 6.45) is -2.92. The van der Waals surface area contributed by atoms with E-state index in [1.54, 1.807) is 12.1 Å². The number of ether oxygens (including phenoxy) is 1. The van der Waals surface area contributed by atoms with Crippen LogP contribution in [0.1, 0.15) is 45.4 Å². The minimum atomic E-state index is -4.70. The second-order valence-corrected chi connectivity index (χ2v) is 8.19. The minimum Gasteiger partial charge on any atom is -0.460 e. The van der Waals surface area contributed by atoms with E-state index in [1.165, 1.54) is 17.6 Å². The number of halogens is 5. The van der Waals surface area contributed by atoms with Gasteiger partial charge in [-0.1, -0.05) is 0 Å². The molecule has 0 aromatic carbocycles. The first kappa shape index (κ1) is 20.4. The van der Waals surface area contributed by atoms with E-state index < -0.39 is 29.1 Å². The van der Waals surface area contributed by atoms with E-state index in [9.17, 15) is 22.0 Å². The molecule has 0 aliphatic heterocycles. The first-order valence-corrected chi connectivity index (χ1v) is 9.19. The van der Waals surface area contributed by atoms with Gasteiger partial charge in [0.15, 0.2) is 22.9 Å². The maximum Gasteiger partial charge on any atom is 0.427 e. The second-order valence-electron chi connectivity index (χ2n) is 8.19. The molecule has 0 bridgehead atoms. The Hall–Kier alpha value is -2.85. The highest BCUT2D eigenvalue weighted by Gasteiger charge is 2.50. The molecule has 0 atom stereocenters. The van der Waals surface area contributed by atoms with Crippen molar-refractivity contribution < 1.29 is 26.7 Å². The maximum absolute atomic E-state index is 14.4. The number of pyridine rings is 1. The van der Waals surface area contributed by atoms with Crippen LogP contribution < -0.4 is 4.74 Å². The Balaban J connectivity index is 1.63. The quantitative estimate of drug-likeness (QED) is 0.567. The number of hydrogen-bond donors (Lipinski definition) is 0. The van der Waals surface area contributed by atoms with E-state index in [2.05, 4.69) is 20.3 Å². The van der Waals surface area contributed by atoms with E-state index in [1.807, 2.05) is 0 Å². The Morgan fingerprint density at radius 3 is 2.47 bits per heavy atom. The molecule has 0 radical (unpaired) electrons. The molecule has 30 heavy (non-hydrogen) atoms. The molecule has 0 saturated heterocycles. The molecule has 0 amide bonds. The second kappa shape index (κ2) is 6.58. The summed E-state index contributed by atoms with van der Waals surface area (Å²) in [5.74, 6) is -1.44. The molecular weight excluding hydrogens is 409 g/mol. The average Bonchev–Trinajstić information content (AvgIpc) is 3.03. The molecule has 160 valence electrons. The number of hydrogen-bond acceptors (Lipinski definition) is 5. The van der Waals surface area contributed by atoms with Crippen molar-refractivity contribution in [1.82, 2.24) is 24.8 Å². The summed E-state index contributed by atoms with van der Waals surface area (Å²) in [6, 6.07) is 4.17. The fourth-order valence-electron chi connectivity index (χ4n) is 3.30. The summed E-state index contributed by atoms with van der Waals surface area (Å²) in [5, 5.41) is 12.5. The van der Waals surface area contributed by atoms with Crippen molar-refractivity contribution >= 4 is 5.65 Å². The lowest BCUT2D eigenvalue weighted by molar-refractivity contribution is -0.235. The Bertz CT molecular complexity index is 1100. The summed E-state index contributed by atoms with van der Waals surface area (Å²) < 4.78 is 73.4. The zero-order valence-corrected chi connectivity index (χ0v) is 16.3. The van der Waals surface area contributed by atoms with Crippen molar-refractivity contribution in [2.45, 2.75) is 57.0 Å². The minimum absolute atomic E-state index is 0.131. The van der Waals surface area contributed by atoms with Gasteiger partial charge in [0, 0.05) is 17.7 Å². The van der Waals surface area contributed by atoms with Crippen molar-refractivity contribution in [3.63, 3.8) is 0 Å². The van der Waals surface area contributed by atoms with Crippen LogP contribution in [0, 0.1) is 5.82 Å². The number of rotatable bonds is 4. The summed E-state index contributed by atoms with van der Waals surface area (Å²) in [5.41, 5.74) is -2.87. The SMILES string of the molecule is CC1(F)CC(c2nnc3ccc(-c4cnc(OC(C)(C)C(F)(F)F)c(F)c4)nn23)C1. The van der Waals surface area contributed by atoms with Gasteiger partial charge in [0.05, 0.1) is 5.69 Å². The molecule has 3 heterocycles. The van der Waals surface area contributed by atoms with E-state index in [4.69, 9.17) is 4.74 Å². The van der Waals surface area contributed by atoms with E-state index in [-0.39, 0.29) is 11.5 Å². The smallest absolute Gasteiger partial charge is 0.427 e. The first-order valence-electron chi connectivity index (χ1n) is 9.19. The van der Waals surface area contributed by atoms with Crippen molar-refractivity contribution in [3.8, 4) is 17.1 Å². The van der Waals surface area contributed by atoms with E-state index in [0.29, 0.717) is 30.0 Å². The van der Waals surface area contributed by atoms with Crippen LogP contribution in [0.15, 0.2) is 24.4 Å². The van der Waals surface area contributed by atoms with Crippen LogP contribution in [-0.2, 0) is 0 Å². The number of fused-ring (bicyclic) bond motifs is 1. The van der Waals surface area contributed by atoms with Crippen LogP contribution in [0.4, 0.5) is 22.0 Å². The topological polar surface area (TPSA) is 65.2 Å². The van der Waals surface area contributed by atoms with Crippen molar-refractivity contribution in [2.24, 2.45) is 0 Å². The van der Waals surface area contributed by atoms with Gasteiger partial charge in [-0.2, -0.15) is 22.8 Å². The Labute approximate surface area is 168 Å². The third-order valence-corrected chi connectivity index (χ3v) is 5.13. The lowest BCUT2D eigenvalue weighted by Crippen LogP contribution is -2.45. The molecule has 1 aliphatic carbocycles. The third kappa shape index (κ3) is 3.56. The predicted octanol–water partition coefficient (Wildman–Crippen LogP) is 4.65. The van der Waals surface area contributed by atoms with Crippen molar-refractivity contribution in [1.29, 1.82) is 0 Å². The first-order chi connectivity index (χ1) is 13.9. The summed E-state index contributed by atoms with van der Waals surface area (Å²) in [4.78, 5) is 3.70. The molecule has 6 nitrogen and oxygen atoms in total. The molecule has 0 spiro atoms. The average molecular weight is 427 g/mol. The zero-order chi connectivity index (χ0) is 21.9. The van der Waals surface area contributed by atoms with Crippen LogP contribution in [0.3, 0.4) is 0 Å². The molecule has 1 aliphatic rings. The fraction of sp³-hybridized carbons (Fsp3) is 0.474. The van der Waals surface area contributed by atoms with Crippen molar-refractivity contribution in [2.75, 3.05) is 0 Å². The Kier molecular flexibility index (Phi) is 4.48. The van der Waals surface area contributed by atoms with Crippen LogP contribution in [0.25, 0.3) is 16.9 Å². The van der Waals surface area contributed by atoms with Gasteiger partial charge in [-0.3, -0.25) is 0 Å². The van der Waals surface area contributed by atoms with E-state index in [0.717, 1.165) is 19.9 Å². The summed E-state index contributed by atoms with van der Waals surface area (Å²) >= 11 is 0. The molecule has 3 aromatic heterocycles. The zero-order valence-electron chi connectivity index (χ0n) is 16.3. The molecule has 1 fully saturated rings. The Morgan fingerprint density at radius 2 is 1.87 bits per heavy atom. The molecule has 0 unspecified atom stereocenters. The van der Waals surface area contributed by atoms with Gasteiger partial charge in [-0.25, -0.2) is 13.8 Å².